The highest BCUT2D eigenvalue weighted by Gasteiger charge is 2.18. The Hall–Kier alpha value is -3.01. The van der Waals surface area contributed by atoms with Crippen LogP contribution in [0.4, 0.5) is 10.9 Å². The minimum Gasteiger partial charge on any atom is -0.456 e. The first kappa shape index (κ1) is 23.2. The minimum atomic E-state index is -0.0572. The number of thiazole rings is 1. The van der Waals surface area contributed by atoms with Crippen LogP contribution >= 0.6 is 11.3 Å². The molecular weight excluding hydrogens is 438 g/mol. The number of hydrogen-bond acceptors (Lipinski definition) is 8. The molecule has 2 aromatic heterocycles. The van der Waals surface area contributed by atoms with Crippen LogP contribution in [0.5, 0.6) is 11.5 Å². The van der Waals surface area contributed by atoms with Crippen LogP contribution in [-0.4, -0.2) is 72.1 Å². The number of amides is 1. The number of hydrogen-bond donors (Lipinski definition) is 1. The van der Waals surface area contributed by atoms with Gasteiger partial charge in [0.1, 0.15) is 17.3 Å². The van der Waals surface area contributed by atoms with Crippen LogP contribution in [0, 0.1) is 6.92 Å². The van der Waals surface area contributed by atoms with Gasteiger partial charge in [0.15, 0.2) is 5.13 Å². The van der Waals surface area contributed by atoms with E-state index in [0.29, 0.717) is 29.4 Å². The van der Waals surface area contributed by atoms with E-state index in [1.165, 1.54) is 11.3 Å². The zero-order valence-corrected chi connectivity index (χ0v) is 19.8. The van der Waals surface area contributed by atoms with Gasteiger partial charge in [-0.3, -0.25) is 9.69 Å². The predicted molar refractivity (Wildman–Crippen MR) is 130 cm³/mol. The molecule has 0 radical (unpaired) electrons. The van der Waals surface area contributed by atoms with Crippen LogP contribution in [0.2, 0.25) is 0 Å². The summed E-state index contributed by atoms with van der Waals surface area (Å²) in [5.41, 5.74) is 1.49. The second-order valence-electron chi connectivity index (χ2n) is 7.93. The summed E-state index contributed by atoms with van der Waals surface area (Å²) < 4.78 is 11.5. The summed E-state index contributed by atoms with van der Waals surface area (Å²) in [4.78, 5) is 26.0. The topological polar surface area (TPSA) is 79.8 Å². The van der Waals surface area contributed by atoms with Crippen LogP contribution in [0.3, 0.4) is 0 Å². The number of carbonyl (C=O) groups is 1. The van der Waals surface area contributed by atoms with Crippen molar-refractivity contribution < 1.29 is 14.3 Å². The third kappa shape index (κ3) is 6.50. The summed E-state index contributed by atoms with van der Waals surface area (Å²) >= 11 is 1.52. The Balaban J connectivity index is 1.38. The molecule has 9 heteroatoms. The molecule has 1 N–H and O–H groups in total. The monoisotopic (exact) mass is 467 g/mol. The Bertz CT molecular complexity index is 1070. The molecule has 0 saturated carbocycles. The Morgan fingerprint density at radius 3 is 2.88 bits per heavy atom. The van der Waals surface area contributed by atoms with Crippen molar-refractivity contribution in [3.63, 3.8) is 0 Å². The van der Waals surface area contributed by atoms with E-state index in [0.717, 1.165) is 50.1 Å². The first-order valence-corrected chi connectivity index (χ1v) is 11.9. The van der Waals surface area contributed by atoms with Crippen molar-refractivity contribution in [2.24, 2.45) is 0 Å². The fourth-order valence-electron chi connectivity index (χ4n) is 3.59. The Morgan fingerprint density at radius 1 is 1.27 bits per heavy atom. The third-order valence-electron chi connectivity index (χ3n) is 5.35. The second kappa shape index (κ2) is 11.2. The SMILES string of the molecule is Cc1csc(Nc2cc(Oc3ccccc3C(=O)N(C)CCCN3CCOCC3)ccn2)n1. The molecule has 1 aliphatic rings. The number of benzene rings is 1. The van der Waals surface area contributed by atoms with Crippen molar-refractivity contribution in [3.8, 4) is 11.5 Å². The lowest BCUT2D eigenvalue weighted by Crippen LogP contribution is -2.38. The van der Waals surface area contributed by atoms with Gasteiger partial charge in [-0.2, -0.15) is 0 Å². The van der Waals surface area contributed by atoms with Crippen molar-refractivity contribution in [2.75, 3.05) is 51.8 Å². The molecule has 0 bridgehead atoms. The van der Waals surface area contributed by atoms with Gasteiger partial charge in [-0.15, -0.1) is 11.3 Å². The van der Waals surface area contributed by atoms with E-state index in [1.54, 1.807) is 29.3 Å². The molecular formula is C24H29N5O3S. The number of aromatic nitrogens is 2. The Kier molecular flexibility index (Phi) is 7.87. The summed E-state index contributed by atoms with van der Waals surface area (Å²) in [7, 11) is 1.84. The smallest absolute Gasteiger partial charge is 0.257 e. The average Bonchev–Trinajstić information content (AvgIpc) is 3.24. The lowest BCUT2D eigenvalue weighted by molar-refractivity contribution is 0.0361. The quantitative estimate of drug-likeness (QED) is 0.506. The highest BCUT2D eigenvalue weighted by molar-refractivity contribution is 7.13. The van der Waals surface area contributed by atoms with E-state index in [9.17, 15) is 4.79 Å². The summed E-state index contributed by atoms with van der Waals surface area (Å²) in [5.74, 6) is 1.69. The maximum atomic E-state index is 13.1. The fourth-order valence-corrected chi connectivity index (χ4v) is 4.28. The normalized spacial score (nSPS) is 14.1. The molecule has 174 valence electrons. The fraction of sp³-hybridized carbons (Fsp3) is 0.375. The van der Waals surface area contributed by atoms with Crippen LogP contribution in [0.25, 0.3) is 0 Å². The van der Waals surface area contributed by atoms with E-state index in [1.807, 2.05) is 37.6 Å². The number of aryl methyl sites for hydroxylation is 1. The first-order valence-electron chi connectivity index (χ1n) is 11.1. The lowest BCUT2D eigenvalue weighted by Gasteiger charge is -2.27. The molecule has 1 amide bonds. The maximum absolute atomic E-state index is 13.1. The zero-order valence-electron chi connectivity index (χ0n) is 19.0. The molecule has 0 unspecified atom stereocenters. The standard InChI is InChI=1S/C24H29N5O3S/c1-18-17-33-24(26-18)27-22-16-19(8-9-25-22)32-21-7-4-3-6-20(21)23(30)28(2)10-5-11-29-12-14-31-15-13-29/h3-4,6-9,16-17H,5,10-15H2,1-2H3,(H,25,26,27). The van der Waals surface area contributed by atoms with E-state index in [2.05, 4.69) is 20.2 Å². The van der Waals surface area contributed by atoms with Gasteiger partial charge in [0, 0.05) is 50.9 Å². The maximum Gasteiger partial charge on any atom is 0.257 e. The van der Waals surface area contributed by atoms with E-state index >= 15 is 0 Å². The van der Waals surface area contributed by atoms with Crippen LogP contribution in [0.1, 0.15) is 22.5 Å². The molecule has 8 nitrogen and oxygen atoms in total. The average molecular weight is 468 g/mol. The lowest BCUT2D eigenvalue weighted by atomic mass is 10.1. The van der Waals surface area contributed by atoms with Crippen molar-refractivity contribution in [1.29, 1.82) is 0 Å². The van der Waals surface area contributed by atoms with Gasteiger partial charge < -0.3 is 19.7 Å². The molecule has 0 aliphatic carbocycles. The number of para-hydroxylation sites is 1. The number of rotatable bonds is 9. The third-order valence-corrected chi connectivity index (χ3v) is 6.22. The van der Waals surface area contributed by atoms with Crippen LogP contribution < -0.4 is 10.1 Å². The summed E-state index contributed by atoms with van der Waals surface area (Å²) in [6.07, 6.45) is 2.58. The number of ether oxygens (including phenoxy) is 2. The van der Waals surface area contributed by atoms with Crippen LogP contribution in [0.15, 0.2) is 48.0 Å². The van der Waals surface area contributed by atoms with Gasteiger partial charge in [-0.05, 0) is 31.5 Å². The molecule has 3 heterocycles. The van der Waals surface area contributed by atoms with Gasteiger partial charge in [0.2, 0.25) is 0 Å². The number of morpholine rings is 1. The van der Waals surface area contributed by atoms with Crippen molar-refractivity contribution in [2.45, 2.75) is 13.3 Å². The molecule has 1 aromatic carbocycles. The zero-order chi connectivity index (χ0) is 23.0. The number of pyridine rings is 1. The van der Waals surface area contributed by atoms with Gasteiger partial charge in [0.05, 0.1) is 24.5 Å². The molecule has 0 atom stereocenters. The van der Waals surface area contributed by atoms with Crippen molar-refractivity contribution in [3.05, 3.63) is 59.2 Å². The van der Waals surface area contributed by atoms with Gasteiger partial charge in [-0.1, -0.05) is 12.1 Å². The van der Waals surface area contributed by atoms with E-state index in [4.69, 9.17) is 9.47 Å². The first-order chi connectivity index (χ1) is 16.1. The Labute approximate surface area is 198 Å². The molecule has 33 heavy (non-hydrogen) atoms. The van der Waals surface area contributed by atoms with Gasteiger partial charge >= 0.3 is 0 Å². The minimum absolute atomic E-state index is 0.0572. The van der Waals surface area contributed by atoms with E-state index < -0.39 is 0 Å². The van der Waals surface area contributed by atoms with Gasteiger partial charge in [-0.25, -0.2) is 9.97 Å². The predicted octanol–water partition coefficient (Wildman–Crippen LogP) is 4.18. The number of anilines is 2. The summed E-state index contributed by atoms with van der Waals surface area (Å²) in [6.45, 7) is 7.08. The highest BCUT2D eigenvalue weighted by Crippen LogP contribution is 2.28. The van der Waals surface area contributed by atoms with Gasteiger partial charge in [0.25, 0.3) is 5.91 Å². The molecule has 1 aliphatic heterocycles. The number of nitrogens with zero attached hydrogens (tertiary/aromatic N) is 4. The molecule has 4 rings (SSSR count). The summed E-state index contributed by atoms with van der Waals surface area (Å²) in [6, 6.07) is 10.9. The number of nitrogens with one attached hydrogen (secondary N) is 1. The highest BCUT2D eigenvalue weighted by atomic mass is 32.1. The van der Waals surface area contributed by atoms with Crippen molar-refractivity contribution in [1.82, 2.24) is 19.8 Å². The molecule has 0 spiro atoms. The molecule has 1 fully saturated rings. The second-order valence-corrected chi connectivity index (χ2v) is 8.79. The van der Waals surface area contributed by atoms with Crippen molar-refractivity contribution >= 4 is 28.2 Å². The Morgan fingerprint density at radius 2 is 2.09 bits per heavy atom. The van der Waals surface area contributed by atoms with Crippen LogP contribution in [-0.2, 0) is 4.74 Å². The molecule has 1 saturated heterocycles. The number of carbonyl (C=O) groups excluding carboxylic acids is 1. The summed E-state index contributed by atoms with van der Waals surface area (Å²) in [5, 5.41) is 5.93. The largest absolute Gasteiger partial charge is 0.456 e. The van der Waals surface area contributed by atoms with E-state index in [-0.39, 0.29) is 5.91 Å². The molecule has 3 aromatic rings.